The number of hydrogen-bond acceptors (Lipinski definition) is 7. The fourth-order valence-corrected chi connectivity index (χ4v) is 5.06. The lowest BCUT2D eigenvalue weighted by Gasteiger charge is -2.40. The summed E-state index contributed by atoms with van der Waals surface area (Å²) in [5.74, 6) is 0.657. The maximum atomic E-state index is 13.4. The van der Waals surface area contributed by atoms with Crippen LogP contribution in [0, 0.1) is 20.8 Å². The Kier molecular flexibility index (Phi) is 6.84. The number of aromatic amines is 1. The number of ether oxygens (including phenoxy) is 1. The van der Waals surface area contributed by atoms with Crippen molar-refractivity contribution in [2.45, 2.75) is 33.4 Å². The Bertz CT molecular complexity index is 1420. The van der Waals surface area contributed by atoms with E-state index in [1.807, 2.05) is 25.1 Å². The number of tetrazole rings is 1. The summed E-state index contributed by atoms with van der Waals surface area (Å²) in [6.07, 6.45) is 0. The third-order valence-corrected chi connectivity index (χ3v) is 7.02. The molecule has 0 radical (unpaired) electrons. The zero-order chi connectivity index (χ0) is 25.2. The molecular formula is C27H33N7O2. The van der Waals surface area contributed by atoms with E-state index in [1.165, 1.54) is 16.8 Å². The van der Waals surface area contributed by atoms with Gasteiger partial charge < -0.3 is 14.6 Å². The SMILES string of the molecule is COCCn1nnnc1C(c1cc2ccc(C)cc2[nH]c1=O)N1CCN(c2cc(C)ccc2C)CC1. The van der Waals surface area contributed by atoms with Gasteiger partial charge in [-0.25, -0.2) is 4.68 Å². The first-order chi connectivity index (χ1) is 17.4. The highest BCUT2D eigenvalue weighted by atomic mass is 16.5. The predicted molar refractivity (Wildman–Crippen MR) is 141 cm³/mol. The van der Waals surface area contributed by atoms with Gasteiger partial charge in [0.2, 0.25) is 0 Å². The molecule has 1 aliphatic rings. The van der Waals surface area contributed by atoms with Crippen molar-refractivity contribution in [1.82, 2.24) is 30.1 Å². The summed E-state index contributed by atoms with van der Waals surface area (Å²) >= 11 is 0. The zero-order valence-corrected chi connectivity index (χ0v) is 21.4. The molecule has 9 nitrogen and oxygen atoms in total. The quantitative estimate of drug-likeness (QED) is 0.428. The van der Waals surface area contributed by atoms with Crippen LogP contribution in [0.1, 0.15) is 34.1 Å². The van der Waals surface area contributed by atoms with Gasteiger partial charge in [0, 0.05) is 50.1 Å². The summed E-state index contributed by atoms with van der Waals surface area (Å²) in [6.45, 7) is 10.6. The largest absolute Gasteiger partial charge is 0.383 e. The molecule has 0 bridgehead atoms. The smallest absolute Gasteiger partial charge is 0.253 e. The minimum absolute atomic E-state index is 0.114. The fourth-order valence-electron chi connectivity index (χ4n) is 5.06. The Morgan fingerprint density at radius 3 is 2.53 bits per heavy atom. The maximum absolute atomic E-state index is 13.4. The van der Waals surface area contributed by atoms with Crippen molar-refractivity contribution < 1.29 is 4.74 Å². The number of rotatable bonds is 7. The molecule has 1 N–H and O–H groups in total. The van der Waals surface area contributed by atoms with Crippen molar-refractivity contribution in [2.24, 2.45) is 0 Å². The van der Waals surface area contributed by atoms with E-state index in [4.69, 9.17) is 4.74 Å². The number of anilines is 1. The van der Waals surface area contributed by atoms with Crippen LogP contribution in [0.25, 0.3) is 10.9 Å². The standard InChI is InChI=1S/C27H33N7O2/c1-18-6-8-21-17-22(27(35)28-23(21)15-18)25(26-29-30-31-34(26)13-14-36-4)33-11-9-32(10-12-33)24-16-19(2)5-7-20(24)3/h5-8,15-17,25H,9-14H2,1-4H3,(H,28,35). The Balaban J connectivity index is 1.52. The summed E-state index contributed by atoms with van der Waals surface area (Å²) < 4.78 is 7.03. The number of nitrogens with one attached hydrogen (secondary N) is 1. The average molecular weight is 488 g/mol. The van der Waals surface area contributed by atoms with Gasteiger partial charge in [-0.2, -0.15) is 0 Å². The Labute approximate surface area is 210 Å². The van der Waals surface area contributed by atoms with Crippen LogP contribution in [0.3, 0.4) is 0 Å². The molecule has 36 heavy (non-hydrogen) atoms. The van der Waals surface area contributed by atoms with E-state index >= 15 is 0 Å². The molecule has 1 fully saturated rings. The second-order valence-corrected chi connectivity index (χ2v) is 9.61. The average Bonchev–Trinajstić information content (AvgIpc) is 3.33. The highest BCUT2D eigenvalue weighted by Gasteiger charge is 2.33. The monoisotopic (exact) mass is 487 g/mol. The van der Waals surface area contributed by atoms with E-state index in [0.717, 1.165) is 42.6 Å². The van der Waals surface area contributed by atoms with Gasteiger partial charge in [-0.15, -0.1) is 5.10 Å². The van der Waals surface area contributed by atoms with E-state index < -0.39 is 0 Å². The summed E-state index contributed by atoms with van der Waals surface area (Å²) in [6, 6.07) is 14.3. The zero-order valence-electron chi connectivity index (χ0n) is 21.4. The van der Waals surface area contributed by atoms with Gasteiger partial charge in [0.05, 0.1) is 13.2 Å². The van der Waals surface area contributed by atoms with Crippen molar-refractivity contribution in [3.05, 3.63) is 80.9 Å². The van der Waals surface area contributed by atoms with Gasteiger partial charge in [0.25, 0.3) is 5.56 Å². The van der Waals surface area contributed by atoms with Gasteiger partial charge in [-0.3, -0.25) is 9.69 Å². The third-order valence-electron chi connectivity index (χ3n) is 7.02. The topological polar surface area (TPSA) is 92.2 Å². The minimum atomic E-state index is -0.368. The molecule has 4 aromatic rings. The first-order valence-electron chi connectivity index (χ1n) is 12.4. The van der Waals surface area contributed by atoms with Crippen molar-refractivity contribution in [3.8, 4) is 0 Å². The predicted octanol–water partition coefficient (Wildman–Crippen LogP) is 3.00. The van der Waals surface area contributed by atoms with Gasteiger partial charge in [-0.1, -0.05) is 24.3 Å². The molecule has 2 aromatic heterocycles. The van der Waals surface area contributed by atoms with Gasteiger partial charge in [0.15, 0.2) is 5.82 Å². The van der Waals surface area contributed by atoms with E-state index in [-0.39, 0.29) is 11.6 Å². The number of H-pyrrole nitrogens is 1. The Hall–Kier alpha value is -3.56. The third kappa shape index (κ3) is 4.76. The molecule has 2 aromatic carbocycles. The van der Waals surface area contributed by atoms with Crippen LogP contribution in [0.15, 0.2) is 47.3 Å². The van der Waals surface area contributed by atoms with Crippen LogP contribution in [0.5, 0.6) is 0 Å². The number of pyridine rings is 1. The number of aromatic nitrogens is 5. The van der Waals surface area contributed by atoms with Crippen LogP contribution in [-0.2, 0) is 11.3 Å². The number of nitrogens with zero attached hydrogens (tertiary/aromatic N) is 6. The van der Waals surface area contributed by atoms with E-state index in [1.54, 1.807) is 11.8 Å². The summed E-state index contributed by atoms with van der Waals surface area (Å²) in [5.41, 5.74) is 6.28. The van der Waals surface area contributed by atoms with E-state index in [0.29, 0.717) is 24.5 Å². The maximum Gasteiger partial charge on any atom is 0.253 e. The lowest BCUT2D eigenvalue weighted by molar-refractivity contribution is 0.171. The molecule has 1 unspecified atom stereocenters. The lowest BCUT2D eigenvalue weighted by Crippen LogP contribution is -2.49. The van der Waals surface area contributed by atoms with Gasteiger partial charge in [0.1, 0.15) is 6.04 Å². The van der Waals surface area contributed by atoms with Crippen molar-refractivity contribution in [1.29, 1.82) is 0 Å². The number of hydrogen-bond donors (Lipinski definition) is 1. The van der Waals surface area contributed by atoms with Gasteiger partial charge in [-0.05, 0) is 71.5 Å². The van der Waals surface area contributed by atoms with Gasteiger partial charge >= 0.3 is 0 Å². The summed E-state index contributed by atoms with van der Waals surface area (Å²) in [5, 5.41) is 13.6. The molecular weight excluding hydrogens is 454 g/mol. The van der Waals surface area contributed by atoms with Crippen molar-refractivity contribution >= 4 is 16.6 Å². The molecule has 1 atom stereocenters. The molecule has 1 aliphatic heterocycles. The Morgan fingerprint density at radius 2 is 1.75 bits per heavy atom. The van der Waals surface area contributed by atoms with Crippen LogP contribution >= 0.6 is 0 Å². The van der Waals surface area contributed by atoms with Crippen molar-refractivity contribution in [3.63, 3.8) is 0 Å². The number of methoxy groups -OCH3 is 1. The molecule has 0 aliphatic carbocycles. The number of benzene rings is 2. The molecule has 1 saturated heterocycles. The molecule has 5 rings (SSSR count). The van der Waals surface area contributed by atoms with Crippen molar-refractivity contribution in [2.75, 3.05) is 44.8 Å². The molecule has 3 heterocycles. The van der Waals surface area contributed by atoms with Crippen LogP contribution < -0.4 is 10.5 Å². The van der Waals surface area contributed by atoms with Crippen LogP contribution in [0.2, 0.25) is 0 Å². The van der Waals surface area contributed by atoms with Crippen LogP contribution in [-0.4, -0.2) is 70.0 Å². The highest BCUT2D eigenvalue weighted by molar-refractivity contribution is 5.79. The summed E-state index contributed by atoms with van der Waals surface area (Å²) in [7, 11) is 1.66. The number of fused-ring (bicyclic) bond motifs is 1. The Morgan fingerprint density at radius 1 is 1.00 bits per heavy atom. The molecule has 0 amide bonds. The molecule has 9 heteroatoms. The number of aryl methyl sites for hydroxylation is 3. The molecule has 0 spiro atoms. The molecule has 188 valence electrons. The minimum Gasteiger partial charge on any atom is -0.383 e. The summed E-state index contributed by atoms with van der Waals surface area (Å²) in [4.78, 5) is 21.3. The molecule has 0 saturated carbocycles. The second kappa shape index (κ2) is 10.2. The first-order valence-corrected chi connectivity index (χ1v) is 12.4. The lowest BCUT2D eigenvalue weighted by atomic mass is 10.0. The van der Waals surface area contributed by atoms with Crippen LogP contribution in [0.4, 0.5) is 5.69 Å². The second-order valence-electron chi connectivity index (χ2n) is 9.61. The highest BCUT2D eigenvalue weighted by Crippen LogP contribution is 2.30. The first kappa shape index (κ1) is 24.1. The van der Waals surface area contributed by atoms with E-state index in [2.05, 4.69) is 68.4 Å². The number of piperazine rings is 1. The fraction of sp³-hybridized carbons (Fsp3) is 0.407. The van der Waals surface area contributed by atoms with E-state index in [9.17, 15) is 4.79 Å². The normalized spacial score (nSPS) is 15.5.